The van der Waals surface area contributed by atoms with Crippen LogP contribution in [0.4, 0.5) is 0 Å². The molecule has 1 heterocycles. The summed E-state index contributed by atoms with van der Waals surface area (Å²) in [6.45, 7) is 1.75. The average Bonchev–Trinajstić information content (AvgIpc) is 2.59. The summed E-state index contributed by atoms with van der Waals surface area (Å²) >= 11 is 13.7. The maximum absolute atomic E-state index is 9.84. The summed E-state index contributed by atoms with van der Waals surface area (Å²) in [6.07, 6.45) is 1.67. The van der Waals surface area contributed by atoms with E-state index in [1.165, 1.54) is 0 Å². The van der Waals surface area contributed by atoms with Gasteiger partial charge in [0, 0.05) is 9.79 Å². The van der Waals surface area contributed by atoms with Gasteiger partial charge in [-0.1, -0.05) is 53.2 Å². The van der Waals surface area contributed by atoms with E-state index in [1.54, 1.807) is 17.8 Å². The van der Waals surface area contributed by atoms with Crippen molar-refractivity contribution < 1.29 is 0 Å². The number of halogens is 2. The molecule has 2 aromatic carbocycles. The molecule has 2 aromatic rings. The average molecular weight is 363 g/mol. The molecule has 3 rings (SSSR count). The Morgan fingerprint density at radius 1 is 1.04 bits per heavy atom. The SMILES string of the molecule is N#CC1(c2ccccc2Sc2ccc(Cl)c(Cl)c2)CCNCC1. The normalized spacial score (nSPS) is 16.7. The van der Waals surface area contributed by atoms with Crippen molar-refractivity contribution in [2.75, 3.05) is 13.1 Å². The molecule has 0 saturated carbocycles. The first-order valence-electron chi connectivity index (χ1n) is 7.49. The Morgan fingerprint density at radius 2 is 1.78 bits per heavy atom. The highest BCUT2D eigenvalue weighted by molar-refractivity contribution is 7.99. The Morgan fingerprint density at radius 3 is 2.48 bits per heavy atom. The van der Waals surface area contributed by atoms with Gasteiger partial charge in [-0.2, -0.15) is 5.26 Å². The zero-order chi connectivity index (χ0) is 16.3. The highest BCUT2D eigenvalue weighted by Crippen LogP contribution is 2.41. The van der Waals surface area contributed by atoms with Crippen LogP contribution >= 0.6 is 35.0 Å². The summed E-state index contributed by atoms with van der Waals surface area (Å²) in [4.78, 5) is 2.13. The fraction of sp³-hybridized carbons (Fsp3) is 0.278. The van der Waals surface area contributed by atoms with Gasteiger partial charge in [0.2, 0.25) is 0 Å². The van der Waals surface area contributed by atoms with E-state index in [4.69, 9.17) is 23.2 Å². The molecular weight excluding hydrogens is 347 g/mol. The van der Waals surface area contributed by atoms with E-state index in [0.29, 0.717) is 10.0 Å². The zero-order valence-corrected chi connectivity index (χ0v) is 14.8. The van der Waals surface area contributed by atoms with Gasteiger partial charge < -0.3 is 5.32 Å². The Balaban J connectivity index is 1.97. The van der Waals surface area contributed by atoms with Gasteiger partial charge in [0.1, 0.15) is 0 Å². The van der Waals surface area contributed by atoms with Crippen molar-refractivity contribution in [1.82, 2.24) is 5.32 Å². The summed E-state index contributed by atoms with van der Waals surface area (Å²) in [5.41, 5.74) is 0.700. The lowest BCUT2D eigenvalue weighted by Crippen LogP contribution is -2.39. The Labute approximate surface area is 150 Å². The second-order valence-corrected chi connectivity index (χ2v) is 7.55. The standard InChI is InChI=1S/C18H16Cl2N2S/c19-15-6-5-13(11-16(15)20)23-17-4-2-1-3-14(17)18(12-21)7-9-22-10-8-18/h1-6,11,22H,7-10H2. The number of nitriles is 1. The van der Waals surface area contributed by atoms with E-state index >= 15 is 0 Å². The van der Waals surface area contributed by atoms with Crippen LogP contribution in [0.15, 0.2) is 52.3 Å². The van der Waals surface area contributed by atoms with Crippen molar-refractivity contribution in [3.05, 3.63) is 58.1 Å². The smallest absolute Gasteiger partial charge is 0.0857 e. The van der Waals surface area contributed by atoms with Gasteiger partial charge in [0.25, 0.3) is 0 Å². The third kappa shape index (κ3) is 3.51. The Kier molecular flexibility index (Phi) is 5.18. The van der Waals surface area contributed by atoms with Crippen molar-refractivity contribution >= 4 is 35.0 Å². The molecule has 1 aliphatic heterocycles. The number of nitrogens with zero attached hydrogens (tertiary/aromatic N) is 1. The maximum atomic E-state index is 9.84. The Bertz CT molecular complexity index is 749. The van der Waals surface area contributed by atoms with E-state index in [1.807, 2.05) is 24.3 Å². The molecule has 1 saturated heterocycles. The van der Waals surface area contributed by atoms with Gasteiger partial charge in [-0.3, -0.25) is 0 Å². The molecule has 118 valence electrons. The van der Waals surface area contributed by atoms with Crippen LogP contribution in [0.25, 0.3) is 0 Å². The van der Waals surface area contributed by atoms with Gasteiger partial charge in [0.15, 0.2) is 0 Å². The third-order valence-electron chi connectivity index (χ3n) is 4.19. The van der Waals surface area contributed by atoms with Crippen molar-refractivity contribution in [2.45, 2.75) is 28.0 Å². The molecule has 0 atom stereocenters. The van der Waals surface area contributed by atoms with Crippen LogP contribution in [0.5, 0.6) is 0 Å². The van der Waals surface area contributed by atoms with Crippen LogP contribution in [0, 0.1) is 11.3 Å². The second kappa shape index (κ2) is 7.15. The number of hydrogen-bond donors (Lipinski definition) is 1. The summed E-state index contributed by atoms with van der Waals surface area (Å²) < 4.78 is 0. The minimum Gasteiger partial charge on any atom is -0.317 e. The zero-order valence-electron chi connectivity index (χ0n) is 12.5. The minimum atomic E-state index is -0.412. The van der Waals surface area contributed by atoms with Crippen LogP contribution in [0.3, 0.4) is 0 Å². The number of rotatable bonds is 3. The van der Waals surface area contributed by atoms with Crippen molar-refractivity contribution in [1.29, 1.82) is 5.26 Å². The molecule has 1 N–H and O–H groups in total. The molecule has 0 amide bonds. The first kappa shape index (κ1) is 16.7. The van der Waals surface area contributed by atoms with Crippen LogP contribution < -0.4 is 5.32 Å². The minimum absolute atomic E-state index is 0.412. The number of hydrogen-bond acceptors (Lipinski definition) is 3. The highest BCUT2D eigenvalue weighted by Gasteiger charge is 2.35. The molecule has 1 aliphatic rings. The van der Waals surface area contributed by atoms with E-state index < -0.39 is 5.41 Å². The molecule has 0 spiro atoms. The topological polar surface area (TPSA) is 35.8 Å². The Hall–Kier alpha value is -1.18. The summed E-state index contributed by atoms with van der Waals surface area (Å²) in [6, 6.07) is 16.4. The summed E-state index contributed by atoms with van der Waals surface area (Å²) in [5, 5.41) is 14.3. The van der Waals surface area contributed by atoms with Gasteiger partial charge >= 0.3 is 0 Å². The van der Waals surface area contributed by atoms with Crippen molar-refractivity contribution in [3.8, 4) is 6.07 Å². The predicted molar refractivity (Wildman–Crippen MR) is 96.4 cm³/mol. The second-order valence-electron chi connectivity index (χ2n) is 5.62. The first-order valence-corrected chi connectivity index (χ1v) is 9.06. The lowest BCUT2D eigenvalue weighted by Gasteiger charge is -2.33. The first-order chi connectivity index (χ1) is 11.1. The molecule has 5 heteroatoms. The highest BCUT2D eigenvalue weighted by atomic mass is 35.5. The van der Waals surface area contributed by atoms with Crippen LogP contribution in [-0.4, -0.2) is 13.1 Å². The largest absolute Gasteiger partial charge is 0.317 e. The van der Waals surface area contributed by atoms with Crippen molar-refractivity contribution in [2.24, 2.45) is 0 Å². The van der Waals surface area contributed by atoms with E-state index in [0.717, 1.165) is 41.3 Å². The van der Waals surface area contributed by atoms with E-state index in [-0.39, 0.29) is 0 Å². The third-order valence-corrected chi connectivity index (χ3v) is 6.00. The molecule has 1 fully saturated rings. The molecule has 23 heavy (non-hydrogen) atoms. The van der Waals surface area contributed by atoms with Gasteiger partial charge in [-0.05, 0) is 55.8 Å². The van der Waals surface area contributed by atoms with Crippen molar-refractivity contribution in [3.63, 3.8) is 0 Å². The summed E-state index contributed by atoms with van der Waals surface area (Å²) in [7, 11) is 0. The van der Waals surface area contributed by atoms with E-state index in [9.17, 15) is 5.26 Å². The number of benzene rings is 2. The lowest BCUT2D eigenvalue weighted by molar-refractivity contribution is 0.378. The fourth-order valence-electron chi connectivity index (χ4n) is 2.91. The quantitative estimate of drug-likeness (QED) is 0.805. The predicted octanol–water partition coefficient (Wildman–Crippen LogP) is 5.29. The molecule has 0 bridgehead atoms. The van der Waals surface area contributed by atoms with Gasteiger partial charge in [-0.25, -0.2) is 0 Å². The fourth-order valence-corrected chi connectivity index (χ4v) is 4.36. The molecule has 0 unspecified atom stereocenters. The van der Waals surface area contributed by atoms with Crippen LogP contribution in [0.1, 0.15) is 18.4 Å². The monoisotopic (exact) mass is 362 g/mol. The molecular formula is C18H16Cl2N2S. The van der Waals surface area contributed by atoms with Crippen LogP contribution in [0.2, 0.25) is 10.0 Å². The number of nitrogens with one attached hydrogen (secondary N) is 1. The summed E-state index contributed by atoms with van der Waals surface area (Å²) in [5.74, 6) is 0. The molecule has 0 radical (unpaired) electrons. The van der Waals surface area contributed by atoms with Gasteiger partial charge in [0.05, 0.1) is 21.5 Å². The maximum Gasteiger partial charge on any atom is 0.0857 e. The lowest BCUT2D eigenvalue weighted by atomic mass is 9.74. The molecule has 2 nitrogen and oxygen atoms in total. The van der Waals surface area contributed by atoms with Gasteiger partial charge in [-0.15, -0.1) is 0 Å². The van der Waals surface area contributed by atoms with E-state index in [2.05, 4.69) is 23.5 Å². The number of piperidine rings is 1. The van der Waals surface area contributed by atoms with Crippen LogP contribution in [-0.2, 0) is 5.41 Å². The molecule has 0 aromatic heterocycles. The molecule has 0 aliphatic carbocycles.